The average molecular weight is 308 g/mol. The minimum Gasteiger partial charge on any atom is -0.492 e. The molecule has 0 radical (unpaired) electrons. The molecule has 1 atom stereocenters. The zero-order chi connectivity index (χ0) is 15.5. The smallest absolute Gasteiger partial charge is 0.120 e. The molecule has 5 heteroatoms. The monoisotopic (exact) mass is 308 g/mol. The van der Waals surface area contributed by atoms with Crippen molar-refractivity contribution in [3.63, 3.8) is 0 Å². The fourth-order valence-corrected chi connectivity index (χ4v) is 2.91. The maximum Gasteiger partial charge on any atom is 0.120 e. The van der Waals surface area contributed by atoms with E-state index in [1.807, 2.05) is 24.3 Å². The van der Waals surface area contributed by atoms with E-state index in [2.05, 4.69) is 25.7 Å². The molecule has 1 fully saturated rings. The van der Waals surface area contributed by atoms with Crippen molar-refractivity contribution in [1.82, 2.24) is 4.90 Å². The van der Waals surface area contributed by atoms with Crippen LogP contribution in [0.3, 0.4) is 0 Å². The zero-order valence-electron chi connectivity index (χ0n) is 13.0. The lowest BCUT2D eigenvalue weighted by molar-refractivity contribution is -0.129. The topological polar surface area (TPSA) is 47.7 Å². The van der Waals surface area contributed by atoms with Gasteiger partial charge in [-0.2, -0.15) is 0 Å². The summed E-state index contributed by atoms with van der Waals surface area (Å²) in [7, 11) is 0. The first kappa shape index (κ1) is 16.2. The number of ether oxygens (including phenoxy) is 2. The molecular formula is C16H24N2O2S. The van der Waals surface area contributed by atoms with E-state index in [1.54, 1.807) is 0 Å². The Labute approximate surface area is 132 Å². The first-order valence-electron chi connectivity index (χ1n) is 7.28. The molecule has 0 saturated carbocycles. The van der Waals surface area contributed by atoms with Crippen LogP contribution in [0.25, 0.3) is 0 Å². The third-order valence-corrected chi connectivity index (χ3v) is 3.67. The predicted octanol–water partition coefficient (Wildman–Crippen LogP) is 2.20. The van der Waals surface area contributed by atoms with Crippen LogP contribution in [0.1, 0.15) is 26.3 Å². The van der Waals surface area contributed by atoms with Gasteiger partial charge in [0.15, 0.2) is 0 Å². The van der Waals surface area contributed by atoms with Crippen molar-refractivity contribution in [3.05, 3.63) is 29.8 Å². The van der Waals surface area contributed by atoms with Gasteiger partial charge in [-0.15, -0.1) is 0 Å². The van der Waals surface area contributed by atoms with E-state index in [4.69, 9.17) is 27.4 Å². The predicted molar refractivity (Wildman–Crippen MR) is 88.9 cm³/mol. The van der Waals surface area contributed by atoms with Crippen molar-refractivity contribution >= 4 is 17.2 Å². The van der Waals surface area contributed by atoms with Crippen molar-refractivity contribution in [3.8, 4) is 5.75 Å². The van der Waals surface area contributed by atoms with Crippen LogP contribution in [0, 0.1) is 0 Å². The molecule has 2 rings (SSSR count). The number of nitrogens with zero attached hydrogens (tertiary/aromatic N) is 1. The van der Waals surface area contributed by atoms with Gasteiger partial charge in [0, 0.05) is 25.2 Å². The Morgan fingerprint density at radius 1 is 1.52 bits per heavy atom. The van der Waals surface area contributed by atoms with Gasteiger partial charge >= 0.3 is 0 Å². The molecule has 1 saturated heterocycles. The van der Waals surface area contributed by atoms with Gasteiger partial charge in [0.1, 0.15) is 17.3 Å². The van der Waals surface area contributed by atoms with E-state index < -0.39 is 0 Å². The molecule has 2 N–H and O–H groups in total. The summed E-state index contributed by atoms with van der Waals surface area (Å²) in [6, 6.07) is 7.60. The van der Waals surface area contributed by atoms with Crippen LogP contribution in [-0.2, 0) is 4.74 Å². The first-order valence-corrected chi connectivity index (χ1v) is 7.69. The summed E-state index contributed by atoms with van der Waals surface area (Å²) in [6.07, 6.45) is 0.256. The molecule has 0 amide bonds. The molecule has 0 bridgehead atoms. The normalized spacial score (nSPS) is 22.0. The van der Waals surface area contributed by atoms with E-state index in [-0.39, 0.29) is 11.7 Å². The van der Waals surface area contributed by atoms with Gasteiger partial charge in [0.05, 0.1) is 11.7 Å². The lowest BCUT2D eigenvalue weighted by Crippen LogP contribution is -2.52. The van der Waals surface area contributed by atoms with Crippen molar-refractivity contribution in [2.45, 2.75) is 32.5 Å². The van der Waals surface area contributed by atoms with Crippen LogP contribution >= 0.6 is 12.2 Å². The van der Waals surface area contributed by atoms with Crippen LogP contribution in [0.5, 0.6) is 5.75 Å². The van der Waals surface area contributed by atoms with Crippen molar-refractivity contribution in [1.29, 1.82) is 0 Å². The summed E-state index contributed by atoms with van der Waals surface area (Å²) in [5, 5.41) is 0. The summed E-state index contributed by atoms with van der Waals surface area (Å²) in [4.78, 5) is 2.77. The van der Waals surface area contributed by atoms with Gasteiger partial charge in [-0.05, 0) is 32.9 Å². The summed E-state index contributed by atoms with van der Waals surface area (Å²) in [6.45, 7) is 9.76. The van der Waals surface area contributed by atoms with Crippen molar-refractivity contribution < 1.29 is 9.47 Å². The number of rotatable bonds is 5. The highest BCUT2D eigenvalue weighted by Gasteiger charge is 2.30. The maximum absolute atomic E-state index is 5.90. The Morgan fingerprint density at radius 2 is 2.29 bits per heavy atom. The highest BCUT2D eigenvalue weighted by atomic mass is 32.1. The molecule has 0 spiro atoms. The highest BCUT2D eigenvalue weighted by Crippen LogP contribution is 2.20. The number of nitrogens with two attached hydrogens (primary N) is 1. The van der Waals surface area contributed by atoms with Crippen molar-refractivity contribution in [2.75, 3.05) is 26.2 Å². The van der Waals surface area contributed by atoms with Gasteiger partial charge in [-0.1, -0.05) is 24.4 Å². The van der Waals surface area contributed by atoms with E-state index >= 15 is 0 Å². The van der Waals surface area contributed by atoms with Crippen LogP contribution in [-0.4, -0.2) is 47.8 Å². The van der Waals surface area contributed by atoms with Crippen LogP contribution in [0.15, 0.2) is 24.3 Å². The number of thiocarbonyl (C=S) groups is 1. The SMILES string of the molecule is CC1CN(CCOc2cccc(C(N)=S)c2)CC(C)(C)O1. The molecule has 1 aliphatic rings. The molecule has 1 heterocycles. The molecule has 1 aromatic carbocycles. The molecule has 4 nitrogen and oxygen atoms in total. The van der Waals surface area contributed by atoms with E-state index in [0.717, 1.165) is 30.9 Å². The van der Waals surface area contributed by atoms with E-state index in [0.29, 0.717) is 11.6 Å². The first-order chi connectivity index (χ1) is 9.85. The molecule has 0 aromatic heterocycles. The summed E-state index contributed by atoms with van der Waals surface area (Å²) in [5.74, 6) is 0.806. The molecule has 21 heavy (non-hydrogen) atoms. The quantitative estimate of drug-likeness (QED) is 0.845. The molecule has 1 aromatic rings. The summed E-state index contributed by atoms with van der Waals surface area (Å²) in [5.41, 5.74) is 6.37. The molecule has 0 aliphatic carbocycles. The number of hydrogen-bond acceptors (Lipinski definition) is 4. The Hall–Kier alpha value is -1.17. The maximum atomic E-state index is 5.90. The Bertz CT molecular complexity index is 505. The standard InChI is InChI=1S/C16H24N2O2S/c1-12-10-18(11-16(2,3)20-12)7-8-19-14-6-4-5-13(9-14)15(17)21/h4-6,9,12H,7-8,10-11H2,1-3H3,(H2,17,21). The fourth-order valence-electron chi connectivity index (χ4n) is 2.79. The summed E-state index contributed by atoms with van der Waals surface area (Å²) < 4.78 is 11.7. The Kier molecular flexibility index (Phi) is 5.19. The van der Waals surface area contributed by atoms with Crippen molar-refractivity contribution in [2.24, 2.45) is 5.73 Å². The second-order valence-electron chi connectivity index (χ2n) is 6.16. The fraction of sp³-hybridized carbons (Fsp3) is 0.562. The van der Waals surface area contributed by atoms with Gasteiger partial charge in [0.25, 0.3) is 0 Å². The molecule has 116 valence electrons. The lowest BCUT2D eigenvalue weighted by Gasteiger charge is -2.41. The Balaban J connectivity index is 1.84. The third-order valence-electron chi connectivity index (χ3n) is 3.43. The van der Waals surface area contributed by atoms with Gasteiger partial charge in [-0.3, -0.25) is 4.90 Å². The third kappa shape index (κ3) is 4.95. The van der Waals surface area contributed by atoms with E-state index in [9.17, 15) is 0 Å². The van der Waals surface area contributed by atoms with Crippen LogP contribution in [0.4, 0.5) is 0 Å². The highest BCUT2D eigenvalue weighted by molar-refractivity contribution is 7.80. The zero-order valence-corrected chi connectivity index (χ0v) is 13.8. The van der Waals surface area contributed by atoms with Gasteiger partial charge in [0.2, 0.25) is 0 Å². The number of morpholine rings is 1. The lowest BCUT2D eigenvalue weighted by atomic mass is 10.1. The van der Waals surface area contributed by atoms with Gasteiger partial charge in [-0.25, -0.2) is 0 Å². The van der Waals surface area contributed by atoms with Crippen LogP contribution in [0.2, 0.25) is 0 Å². The average Bonchev–Trinajstić information content (AvgIpc) is 2.36. The largest absolute Gasteiger partial charge is 0.492 e. The Morgan fingerprint density at radius 3 is 2.95 bits per heavy atom. The van der Waals surface area contributed by atoms with Gasteiger partial charge < -0.3 is 15.2 Å². The molecule has 1 unspecified atom stereocenters. The molecular weight excluding hydrogens is 284 g/mol. The minimum atomic E-state index is -0.0939. The second kappa shape index (κ2) is 6.73. The molecule has 1 aliphatic heterocycles. The van der Waals surface area contributed by atoms with E-state index in [1.165, 1.54) is 0 Å². The second-order valence-corrected chi connectivity index (χ2v) is 6.60. The minimum absolute atomic E-state index is 0.0939. The summed E-state index contributed by atoms with van der Waals surface area (Å²) >= 11 is 4.97. The number of hydrogen-bond donors (Lipinski definition) is 1. The number of benzene rings is 1. The van der Waals surface area contributed by atoms with Crippen LogP contribution < -0.4 is 10.5 Å².